The molecule has 0 aromatic heterocycles. The fraction of sp³-hybridized carbons (Fsp3) is 0.750. The van der Waals surface area contributed by atoms with Crippen LogP contribution >= 0.6 is 0 Å². The number of nitrogens with one attached hydrogen (secondary N) is 1. The van der Waals surface area contributed by atoms with Crippen LogP contribution in [0.5, 0.6) is 0 Å². The van der Waals surface area contributed by atoms with Gasteiger partial charge in [-0.3, -0.25) is 4.79 Å². The van der Waals surface area contributed by atoms with Gasteiger partial charge < -0.3 is 5.32 Å². The molecule has 0 aliphatic heterocycles. The van der Waals surface area contributed by atoms with Crippen molar-refractivity contribution in [3.63, 3.8) is 0 Å². The zero-order valence-corrected chi connectivity index (χ0v) is 9.25. The summed E-state index contributed by atoms with van der Waals surface area (Å²) in [5, 5.41) is 3.10. The Bertz CT molecular complexity index is 210. The molecule has 1 saturated carbocycles. The van der Waals surface area contributed by atoms with Crippen LogP contribution in [0, 0.1) is 5.92 Å². The smallest absolute Gasteiger partial charge is 0.243 e. The van der Waals surface area contributed by atoms with E-state index in [0.29, 0.717) is 12.0 Å². The van der Waals surface area contributed by atoms with Gasteiger partial charge in [-0.25, -0.2) is 0 Å². The molecule has 1 aliphatic carbocycles. The minimum atomic E-state index is 0.0675. The van der Waals surface area contributed by atoms with E-state index in [9.17, 15) is 4.79 Å². The Labute approximate surface area is 86.8 Å². The van der Waals surface area contributed by atoms with Crippen molar-refractivity contribution in [1.29, 1.82) is 0 Å². The second-order valence-electron chi connectivity index (χ2n) is 4.07. The second-order valence-corrected chi connectivity index (χ2v) is 4.07. The van der Waals surface area contributed by atoms with Gasteiger partial charge in [0.1, 0.15) is 0 Å². The first-order valence-electron chi connectivity index (χ1n) is 5.71. The molecule has 0 heterocycles. The lowest BCUT2D eigenvalue weighted by Crippen LogP contribution is -2.41. The predicted octanol–water partition coefficient (Wildman–Crippen LogP) is 2.65. The van der Waals surface area contributed by atoms with Crippen LogP contribution in [0.15, 0.2) is 12.2 Å². The standard InChI is InChI=1S/C12H21NO/c1-3-7-12(14)13-11-9-6-5-8-10(11)4-2/h3,7,10-11H,4-6,8-9H2,1-2H3,(H,13,14). The first-order valence-corrected chi connectivity index (χ1v) is 5.71. The molecule has 2 atom stereocenters. The molecular weight excluding hydrogens is 174 g/mol. The van der Waals surface area contributed by atoms with E-state index in [2.05, 4.69) is 12.2 Å². The highest BCUT2D eigenvalue weighted by molar-refractivity contribution is 5.87. The van der Waals surface area contributed by atoms with Gasteiger partial charge in [0.2, 0.25) is 5.91 Å². The van der Waals surface area contributed by atoms with E-state index in [1.807, 2.05) is 6.92 Å². The minimum Gasteiger partial charge on any atom is -0.350 e. The van der Waals surface area contributed by atoms with Gasteiger partial charge in [-0.05, 0) is 31.8 Å². The normalized spacial score (nSPS) is 27.9. The number of hydrogen-bond donors (Lipinski definition) is 1. The van der Waals surface area contributed by atoms with Crippen molar-refractivity contribution in [3.05, 3.63) is 12.2 Å². The summed E-state index contributed by atoms with van der Waals surface area (Å²) < 4.78 is 0. The maximum absolute atomic E-state index is 11.4. The van der Waals surface area contributed by atoms with Crippen LogP contribution in [0.3, 0.4) is 0 Å². The number of amides is 1. The minimum absolute atomic E-state index is 0.0675. The molecule has 0 saturated heterocycles. The van der Waals surface area contributed by atoms with Crippen molar-refractivity contribution in [2.45, 2.75) is 52.0 Å². The highest BCUT2D eigenvalue weighted by Crippen LogP contribution is 2.26. The summed E-state index contributed by atoms with van der Waals surface area (Å²) in [7, 11) is 0. The Balaban J connectivity index is 2.44. The summed E-state index contributed by atoms with van der Waals surface area (Å²) >= 11 is 0. The molecule has 2 unspecified atom stereocenters. The fourth-order valence-corrected chi connectivity index (χ4v) is 2.27. The molecule has 0 bridgehead atoms. The zero-order chi connectivity index (χ0) is 10.4. The maximum atomic E-state index is 11.4. The molecule has 2 heteroatoms. The van der Waals surface area contributed by atoms with Gasteiger partial charge in [-0.1, -0.05) is 32.3 Å². The SMILES string of the molecule is CC=CC(=O)NC1CCCCC1CC. The third-order valence-corrected chi connectivity index (χ3v) is 3.08. The number of hydrogen-bond acceptors (Lipinski definition) is 1. The highest BCUT2D eigenvalue weighted by atomic mass is 16.1. The van der Waals surface area contributed by atoms with Gasteiger partial charge >= 0.3 is 0 Å². The van der Waals surface area contributed by atoms with Crippen molar-refractivity contribution in [2.24, 2.45) is 5.92 Å². The summed E-state index contributed by atoms with van der Waals surface area (Å²) in [6.45, 7) is 4.09. The number of allylic oxidation sites excluding steroid dienone is 1. The van der Waals surface area contributed by atoms with Crippen LogP contribution in [0.4, 0.5) is 0 Å². The lowest BCUT2D eigenvalue weighted by atomic mass is 9.83. The maximum Gasteiger partial charge on any atom is 0.243 e. The second kappa shape index (κ2) is 5.84. The quantitative estimate of drug-likeness (QED) is 0.689. The molecule has 1 rings (SSSR count). The summed E-state index contributed by atoms with van der Waals surface area (Å²) in [4.78, 5) is 11.4. The van der Waals surface area contributed by atoms with Crippen LogP contribution in [0.25, 0.3) is 0 Å². The zero-order valence-electron chi connectivity index (χ0n) is 9.25. The molecule has 1 amide bonds. The third-order valence-electron chi connectivity index (χ3n) is 3.08. The van der Waals surface area contributed by atoms with E-state index >= 15 is 0 Å². The summed E-state index contributed by atoms with van der Waals surface area (Å²) in [5.41, 5.74) is 0. The molecule has 0 aromatic rings. The molecule has 1 N–H and O–H groups in total. The van der Waals surface area contributed by atoms with Crippen molar-refractivity contribution in [2.75, 3.05) is 0 Å². The molecule has 0 spiro atoms. The lowest BCUT2D eigenvalue weighted by molar-refractivity contribution is -0.117. The summed E-state index contributed by atoms with van der Waals surface area (Å²) in [6, 6.07) is 0.414. The van der Waals surface area contributed by atoms with Gasteiger partial charge in [0.15, 0.2) is 0 Å². The summed E-state index contributed by atoms with van der Waals surface area (Å²) in [6.07, 6.45) is 9.60. The monoisotopic (exact) mass is 195 g/mol. The van der Waals surface area contributed by atoms with Crippen molar-refractivity contribution >= 4 is 5.91 Å². The average molecular weight is 195 g/mol. The Morgan fingerprint density at radius 2 is 2.14 bits per heavy atom. The van der Waals surface area contributed by atoms with E-state index in [0.717, 1.165) is 6.42 Å². The van der Waals surface area contributed by atoms with E-state index < -0.39 is 0 Å². The van der Waals surface area contributed by atoms with Crippen LogP contribution in [0.2, 0.25) is 0 Å². The van der Waals surface area contributed by atoms with Crippen LogP contribution in [-0.2, 0) is 4.79 Å². The Kier molecular flexibility index (Phi) is 4.71. The van der Waals surface area contributed by atoms with E-state index in [1.165, 1.54) is 25.7 Å². The third kappa shape index (κ3) is 3.17. The van der Waals surface area contributed by atoms with Crippen LogP contribution in [-0.4, -0.2) is 11.9 Å². The van der Waals surface area contributed by atoms with Gasteiger partial charge in [0, 0.05) is 6.04 Å². The molecule has 1 aliphatic rings. The van der Waals surface area contributed by atoms with E-state index in [-0.39, 0.29) is 5.91 Å². The van der Waals surface area contributed by atoms with E-state index in [1.54, 1.807) is 12.2 Å². The Morgan fingerprint density at radius 1 is 1.43 bits per heavy atom. The predicted molar refractivity (Wildman–Crippen MR) is 59.0 cm³/mol. The summed E-state index contributed by atoms with van der Waals surface area (Å²) in [5.74, 6) is 0.760. The Morgan fingerprint density at radius 3 is 2.79 bits per heavy atom. The molecule has 2 nitrogen and oxygen atoms in total. The first-order chi connectivity index (χ1) is 6.77. The van der Waals surface area contributed by atoms with Crippen molar-refractivity contribution in [3.8, 4) is 0 Å². The first kappa shape index (κ1) is 11.3. The van der Waals surface area contributed by atoms with Gasteiger partial charge in [-0.15, -0.1) is 0 Å². The van der Waals surface area contributed by atoms with Gasteiger partial charge in [0.05, 0.1) is 0 Å². The van der Waals surface area contributed by atoms with Crippen LogP contribution in [0.1, 0.15) is 46.0 Å². The van der Waals surface area contributed by atoms with E-state index in [4.69, 9.17) is 0 Å². The molecule has 0 aromatic carbocycles. The number of rotatable bonds is 3. The average Bonchev–Trinajstić information content (AvgIpc) is 2.19. The molecule has 14 heavy (non-hydrogen) atoms. The molecule has 80 valence electrons. The van der Waals surface area contributed by atoms with Crippen LogP contribution < -0.4 is 5.32 Å². The highest BCUT2D eigenvalue weighted by Gasteiger charge is 2.24. The largest absolute Gasteiger partial charge is 0.350 e. The number of carbonyl (C=O) groups excluding carboxylic acids is 1. The van der Waals surface area contributed by atoms with Crippen molar-refractivity contribution in [1.82, 2.24) is 5.32 Å². The number of carbonyl (C=O) groups is 1. The molecule has 1 fully saturated rings. The van der Waals surface area contributed by atoms with Crippen molar-refractivity contribution < 1.29 is 4.79 Å². The van der Waals surface area contributed by atoms with Gasteiger partial charge in [-0.2, -0.15) is 0 Å². The topological polar surface area (TPSA) is 29.1 Å². The van der Waals surface area contributed by atoms with Gasteiger partial charge in [0.25, 0.3) is 0 Å². The fourth-order valence-electron chi connectivity index (χ4n) is 2.27. The molecule has 0 radical (unpaired) electrons. The Hall–Kier alpha value is -0.790. The lowest BCUT2D eigenvalue weighted by Gasteiger charge is -2.31. The molecular formula is C12H21NO.